The lowest BCUT2D eigenvalue weighted by Crippen LogP contribution is -2.32. The quantitative estimate of drug-likeness (QED) is 0.884. The second kappa shape index (κ2) is 6.13. The van der Waals surface area contributed by atoms with Gasteiger partial charge in [-0.25, -0.2) is 4.98 Å². The van der Waals surface area contributed by atoms with E-state index in [9.17, 15) is 4.79 Å². The molecule has 0 aromatic carbocycles. The number of aromatic nitrogens is 3. The topological polar surface area (TPSA) is 59.8 Å². The van der Waals surface area contributed by atoms with Gasteiger partial charge in [0.2, 0.25) is 5.91 Å². The van der Waals surface area contributed by atoms with E-state index in [4.69, 9.17) is 0 Å². The van der Waals surface area contributed by atoms with Crippen molar-refractivity contribution in [1.82, 2.24) is 19.9 Å². The van der Waals surface area contributed by atoms with Crippen molar-refractivity contribution >= 4 is 5.91 Å². The highest BCUT2D eigenvalue weighted by atomic mass is 16.2. The van der Waals surface area contributed by atoms with Crippen LogP contribution in [0.4, 0.5) is 0 Å². The molecule has 1 N–H and O–H groups in total. The lowest BCUT2D eigenvalue weighted by Gasteiger charge is -2.15. The van der Waals surface area contributed by atoms with Crippen LogP contribution in [-0.2, 0) is 11.2 Å². The van der Waals surface area contributed by atoms with Gasteiger partial charge in [0.15, 0.2) is 0 Å². The third-order valence-corrected chi connectivity index (χ3v) is 3.09. The Bertz CT molecular complexity index is 535. The smallest absolute Gasteiger partial charge is 0.242 e. The highest BCUT2D eigenvalue weighted by Crippen LogP contribution is 2.08. The van der Waals surface area contributed by atoms with Crippen LogP contribution < -0.4 is 5.32 Å². The molecule has 1 unspecified atom stereocenters. The first-order valence-electron chi connectivity index (χ1n) is 6.34. The molecule has 0 bridgehead atoms. The van der Waals surface area contributed by atoms with E-state index in [1.54, 1.807) is 12.4 Å². The maximum Gasteiger partial charge on any atom is 0.242 e. The van der Waals surface area contributed by atoms with Crippen LogP contribution in [0.3, 0.4) is 0 Å². The maximum absolute atomic E-state index is 12.0. The Hall–Kier alpha value is -2.17. The lowest BCUT2D eigenvalue weighted by atomic mass is 10.2. The molecule has 0 aliphatic carbocycles. The molecule has 1 amide bonds. The number of hydrogen-bond donors (Lipinski definition) is 1. The van der Waals surface area contributed by atoms with Crippen molar-refractivity contribution in [3.8, 4) is 0 Å². The standard InChI is InChI=1S/C14H18N4O/c1-11(18-9-8-16-12(18)2)14(19)17-7-5-13-4-3-6-15-10-13/h3-4,6,8-11H,5,7H2,1-2H3,(H,17,19). The summed E-state index contributed by atoms with van der Waals surface area (Å²) in [5.74, 6) is 0.847. The minimum absolute atomic E-state index is 0.00462. The molecule has 2 heterocycles. The molecule has 2 aromatic heterocycles. The predicted molar refractivity (Wildman–Crippen MR) is 72.6 cm³/mol. The molecule has 0 aliphatic heterocycles. The molecule has 5 nitrogen and oxygen atoms in total. The van der Waals surface area contributed by atoms with Gasteiger partial charge in [0, 0.05) is 31.3 Å². The van der Waals surface area contributed by atoms with Crippen LogP contribution in [0.5, 0.6) is 0 Å². The molecular formula is C14H18N4O. The lowest BCUT2D eigenvalue weighted by molar-refractivity contribution is -0.123. The fourth-order valence-corrected chi connectivity index (χ4v) is 1.95. The van der Waals surface area contributed by atoms with Gasteiger partial charge in [0.25, 0.3) is 0 Å². The number of aryl methyl sites for hydroxylation is 1. The number of rotatable bonds is 5. The van der Waals surface area contributed by atoms with Gasteiger partial charge in [0.1, 0.15) is 11.9 Å². The van der Waals surface area contributed by atoms with Crippen LogP contribution in [0.1, 0.15) is 24.4 Å². The number of imidazole rings is 1. The van der Waals surface area contributed by atoms with Crippen molar-refractivity contribution in [2.45, 2.75) is 26.3 Å². The molecule has 0 spiro atoms. The summed E-state index contributed by atoms with van der Waals surface area (Å²) >= 11 is 0. The average Bonchev–Trinajstić information content (AvgIpc) is 2.85. The summed E-state index contributed by atoms with van der Waals surface area (Å²) in [6, 6.07) is 3.66. The van der Waals surface area contributed by atoms with Crippen LogP contribution in [0.2, 0.25) is 0 Å². The van der Waals surface area contributed by atoms with Gasteiger partial charge < -0.3 is 9.88 Å². The van der Waals surface area contributed by atoms with Gasteiger partial charge in [-0.15, -0.1) is 0 Å². The zero-order valence-electron chi connectivity index (χ0n) is 11.2. The molecular weight excluding hydrogens is 240 g/mol. The molecule has 2 rings (SSSR count). The molecule has 5 heteroatoms. The summed E-state index contributed by atoms with van der Waals surface area (Å²) in [5.41, 5.74) is 1.12. The first-order valence-corrected chi connectivity index (χ1v) is 6.34. The number of carbonyl (C=O) groups excluding carboxylic acids is 1. The summed E-state index contributed by atoms with van der Waals surface area (Å²) in [6.45, 7) is 4.37. The second-order valence-electron chi connectivity index (χ2n) is 4.46. The summed E-state index contributed by atoms with van der Waals surface area (Å²) in [7, 11) is 0. The fourth-order valence-electron chi connectivity index (χ4n) is 1.95. The van der Waals surface area contributed by atoms with Crippen molar-refractivity contribution in [3.05, 3.63) is 48.3 Å². The van der Waals surface area contributed by atoms with Gasteiger partial charge in [0.05, 0.1) is 0 Å². The van der Waals surface area contributed by atoms with Crippen molar-refractivity contribution in [3.63, 3.8) is 0 Å². The zero-order chi connectivity index (χ0) is 13.7. The Morgan fingerprint density at radius 3 is 2.95 bits per heavy atom. The van der Waals surface area contributed by atoms with Crippen molar-refractivity contribution in [2.75, 3.05) is 6.54 Å². The van der Waals surface area contributed by atoms with Gasteiger partial charge in [-0.2, -0.15) is 0 Å². The molecule has 1 atom stereocenters. The van der Waals surface area contributed by atoms with Crippen LogP contribution in [0, 0.1) is 6.92 Å². The van der Waals surface area contributed by atoms with Crippen molar-refractivity contribution in [1.29, 1.82) is 0 Å². The Morgan fingerprint density at radius 1 is 1.47 bits per heavy atom. The third kappa shape index (κ3) is 3.40. The maximum atomic E-state index is 12.0. The average molecular weight is 258 g/mol. The molecule has 0 aliphatic rings. The van der Waals surface area contributed by atoms with E-state index in [0.29, 0.717) is 6.54 Å². The number of hydrogen-bond acceptors (Lipinski definition) is 3. The molecule has 0 radical (unpaired) electrons. The van der Waals surface area contributed by atoms with Crippen molar-refractivity contribution < 1.29 is 4.79 Å². The Kier molecular flexibility index (Phi) is 4.28. The van der Waals surface area contributed by atoms with Gasteiger partial charge in [-0.05, 0) is 31.9 Å². The highest BCUT2D eigenvalue weighted by Gasteiger charge is 2.15. The zero-order valence-corrected chi connectivity index (χ0v) is 11.2. The van der Waals surface area contributed by atoms with E-state index < -0.39 is 0 Å². The fraction of sp³-hybridized carbons (Fsp3) is 0.357. The number of nitrogens with zero attached hydrogens (tertiary/aromatic N) is 3. The Morgan fingerprint density at radius 2 is 2.32 bits per heavy atom. The van der Waals surface area contributed by atoms with E-state index in [0.717, 1.165) is 17.8 Å². The van der Waals surface area contributed by atoms with Crippen molar-refractivity contribution in [2.24, 2.45) is 0 Å². The first kappa shape index (κ1) is 13.3. The van der Waals surface area contributed by atoms with Crippen LogP contribution in [0.25, 0.3) is 0 Å². The molecule has 0 fully saturated rings. The first-order chi connectivity index (χ1) is 9.18. The highest BCUT2D eigenvalue weighted by molar-refractivity contribution is 5.79. The van der Waals surface area contributed by atoms with E-state index in [1.165, 1.54) is 0 Å². The minimum atomic E-state index is -0.239. The predicted octanol–water partition coefficient (Wildman–Crippen LogP) is 1.51. The summed E-state index contributed by atoms with van der Waals surface area (Å²) in [4.78, 5) is 20.2. The van der Waals surface area contributed by atoms with Crippen LogP contribution in [-0.4, -0.2) is 27.0 Å². The Labute approximate surface area is 112 Å². The summed E-state index contributed by atoms with van der Waals surface area (Å²) < 4.78 is 1.86. The van der Waals surface area contributed by atoms with E-state index >= 15 is 0 Å². The molecule has 19 heavy (non-hydrogen) atoms. The van der Waals surface area contributed by atoms with E-state index in [-0.39, 0.29) is 11.9 Å². The van der Waals surface area contributed by atoms with Gasteiger partial charge in [-0.1, -0.05) is 6.07 Å². The third-order valence-electron chi connectivity index (χ3n) is 3.09. The van der Waals surface area contributed by atoms with Gasteiger partial charge in [-0.3, -0.25) is 9.78 Å². The molecule has 0 saturated carbocycles. The largest absolute Gasteiger partial charge is 0.354 e. The van der Waals surface area contributed by atoms with Crippen LogP contribution in [0.15, 0.2) is 36.9 Å². The van der Waals surface area contributed by atoms with Gasteiger partial charge >= 0.3 is 0 Å². The van der Waals surface area contributed by atoms with Crippen LogP contribution >= 0.6 is 0 Å². The number of carbonyl (C=O) groups is 1. The van der Waals surface area contributed by atoms with E-state index in [1.807, 2.05) is 42.9 Å². The van der Waals surface area contributed by atoms with E-state index in [2.05, 4.69) is 15.3 Å². The summed E-state index contributed by atoms with van der Waals surface area (Å²) in [6.07, 6.45) is 7.87. The normalized spacial score (nSPS) is 12.1. The second-order valence-corrected chi connectivity index (χ2v) is 4.46. The SMILES string of the molecule is Cc1nccn1C(C)C(=O)NCCc1cccnc1. The number of amides is 1. The minimum Gasteiger partial charge on any atom is -0.354 e. The molecule has 0 saturated heterocycles. The monoisotopic (exact) mass is 258 g/mol. The summed E-state index contributed by atoms with van der Waals surface area (Å²) in [5, 5.41) is 2.93. The Balaban J connectivity index is 1.83. The molecule has 100 valence electrons. The number of nitrogens with one attached hydrogen (secondary N) is 1. The molecule has 2 aromatic rings. The number of pyridine rings is 1.